The van der Waals surface area contributed by atoms with E-state index in [1.807, 2.05) is 31.2 Å². The van der Waals surface area contributed by atoms with Crippen molar-refractivity contribution in [2.24, 2.45) is 0 Å². The SMILES string of the molecule is CCc1noc(-c2ccc(CCNCc3cccc(O)c3)cc2)n1. The van der Waals surface area contributed by atoms with Crippen molar-refractivity contribution in [3.05, 3.63) is 65.5 Å². The Labute approximate surface area is 141 Å². The lowest BCUT2D eigenvalue weighted by Crippen LogP contribution is -2.16. The van der Waals surface area contributed by atoms with Crippen LogP contribution in [0.5, 0.6) is 5.75 Å². The Morgan fingerprint density at radius 1 is 1.08 bits per heavy atom. The van der Waals surface area contributed by atoms with Gasteiger partial charge in [0.1, 0.15) is 5.75 Å². The number of aryl methyl sites for hydroxylation is 1. The zero-order valence-corrected chi connectivity index (χ0v) is 13.7. The monoisotopic (exact) mass is 323 g/mol. The molecular formula is C19H21N3O2. The standard InChI is InChI=1S/C19H21N3O2/c1-2-18-21-19(24-22-18)16-8-6-14(7-9-16)10-11-20-13-15-4-3-5-17(23)12-15/h3-9,12,20,23H,2,10-11,13H2,1H3. The summed E-state index contributed by atoms with van der Waals surface area (Å²) in [6.45, 7) is 3.62. The molecule has 0 spiro atoms. The van der Waals surface area contributed by atoms with Crippen LogP contribution in [0.1, 0.15) is 23.9 Å². The van der Waals surface area contributed by atoms with Crippen LogP contribution in [0.3, 0.4) is 0 Å². The third kappa shape index (κ3) is 4.20. The van der Waals surface area contributed by atoms with Gasteiger partial charge in [0.15, 0.2) is 5.82 Å². The van der Waals surface area contributed by atoms with E-state index in [4.69, 9.17) is 4.52 Å². The Bertz CT molecular complexity index is 781. The number of phenolic OH excluding ortho intramolecular Hbond substituents is 1. The fourth-order valence-electron chi connectivity index (χ4n) is 2.46. The zero-order valence-electron chi connectivity index (χ0n) is 13.7. The lowest BCUT2D eigenvalue weighted by atomic mass is 10.1. The van der Waals surface area contributed by atoms with E-state index in [0.29, 0.717) is 11.6 Å². The summed E-state index contributed by atoms with van der Waals surface area (Å²) >= 11 is 0. The second kappa shape index (κ2) is 7.75. The van der Waals surface area contributed by atoms with Gasteiger partial charge in [-0.3, -0.25) is 0 Å². The van der Waals surface area contributed by atoms with Gasteiger partial charge in [0, 0.05) is 18.5 Å². The van der Waals surface area contributed by atoms with Gasteiger partial charge in [0.2, 0.25) is 0 Å². The minimum absolute atomic E-state index is 0.303. The highest BCUT2D eigenvalue weighted by atomic mass is 16.5. The molecule has 0 saturated carbocycles. The quantitative estimate of drug-likeness (QED) is 0.653. The molecule has 1 aromatic heterocycles. The number of benzene rings is 2. The predicted octanol–water partition coefficient (Wildman–Crippen LogP) is 3.34. The Morgan fingerprint density at radius 3 is 2.62 bits per heavy atom. The second-order valence-electron chi connectivity index (χ2n) is 5.66. The van der Waals surface area contributed by atoms with Crippen LogP contribution in [-0.2, 0) is 19.4 Å². The van der Waals surface area contributed by atoms with E-state index in [2.05, 4.69) is 27.6 Å². The summed E-state index contributed by atoms with van der Waals surface area (Å²) in [6.07, 6.45) is 1.70. The predicted molar refractivity (Wildman–Crippen MR) is 92.6 cm³/mol. The normalized spacial score (nSPS) is 10.9. The topological polar surface area (TPSA) is 71.2 Å². The van der Waals surface area contributed by atoms with Crippen LogP contribution in [0, 0.1) is 0 Å². The van der Waals surface area contributed by atoms with Crippen molar-refractivity contribution < 1.29 is 9.63 Å². The largest absolute Gasteiger partial charge is 0.508 e. The molecule has 0 aliphatic carbocycles. The minimum Gasteiger partial charge on any atom is -0.508 e. The molecule has 0 aliphatic rings. The highest BCUT2D eigenvalue weighted by Crippen LogP contribution is 2.18. The molecule has 3 aromatic rings. The Morgan fingerprint density at radius 2 is 1.92 bits per heavy atom. The lowest BCUT2D eigenvalue weighted by Gasteiger charge is -2.06. The van der Waals surface area contributed by atoms with Crippen molar-refractivity contribution in [1.29, 1.82) is 0 Å². The van der Waals surface area contributed by atoms with E-state index in [-0.39, 0.29) is 0 Å². The number of phenols is 1. The zero-order chi connectivity index (χ0) is 16.8. The summed E-state index contributed by atoms with van der Waals surface area (Å²) in [5.41, 5.74) is 3.27. The van der Waals surface area contributed by atoms with E-state index in [1.54, 1.807) is 12.1 Å². The fraction of sp³-hybridized carbons (Fsp3) is 0.263. The number of aromatic nitrogens is 2. The second-order valence-corrected chi connectivity index (χ2v) is 5.66. The van der Waals surface area contributed by atoms with Crippen molar-refractivity contribution >= 4 is 0 Å². The molecule has 0 radical (unpaired) electrons. The van der Waals surface area contributed by atoms with Gasteiger partial charge in [-0.25, -0.2) is 0 Å². The summed E-state index contributed by atoms with van der Waals surface area (Å²) in [4.78, 5) is 4.33. The average molecular weight is 323 g/mol. The fourth-order valence-corrected chi connectivity index (χ4v) is 2.46. The number of nitrogens with zero attached hydrogens (tertiary/aromatic N) is 2. The maximum absolute atomic E-state index is 9.44. The van der Waals surface area contributed by atoms with Gasteiger partial charge in [-0.1, -0.05) is 36.3 Å². The van der Waals surface area contributed by atoms with Gasteiger partial charge in [-0.05, 0) is 48.4 Å². The molecule has 5 nitrogen and oxygen atoms in total. The Hall–Kier alpha value is -2.66. The highest BCUT2D eigenvalue weighted by Gasteiger charge is 2.07. The minimum atomic E-state index is 0.303. The molecule has 2 aromatic carbocycles. The van der Waals surface area contributed by atoms with Crippen LogP contribution in [0.15, 0.2) is 53.1 Å². The molecule has 2 N–H and O–H groups in total. The van der Waals surface area contributed by atoms with Gasteiger partial charge in [0.05, 0.1) is 0 Å². The van der Waals surface area contributed by atoms with E-state index in [9.17, 15) is 5.11 Å². The maximum atomic E-state index is 9.44. The first-order valence-electron chi connectivity index (χ1n) is 8.15. The third-order valence-corrected chi connectivity index (χ3v) is 3.82. The smallest absolute Gasteiger partial charge is 0.257 e. The first-order chi connectivity index (χ1) is 11.7. The van der Waals surface area contributed by atoms with Crippen molar-refractivity contribution in [3.63, 3.8) is 0 Å². The Balaban J connectivity index is 1.49. The van der Waals surface area contributed by atoms with E-state index < -0.39 is 0 Å². The Kier molecular flexibility index (Phi) is 5.23. The summed E-state index contributed by atoms with van der Waals surface area (Å²) in [5.74, 6) is 1.60. The first-order valence-corrected chi connectivity index (χ1v) is 8.15. The molecule has 24 heavy (non-hydrogen) atoms. The van der Waals surface area contributed by atoms with Crippen molar-refractivity contribution in [1.82, 2.24) is 15.5 Å². The molecule has 1 heterocycles. The summed E-state index contributed by atoms with van der Waals surface area (Å²) in [5, 5.41) is 16.7. The molecule has 0 amide bonds. The number of rotatable bonds is 7. The molecule has 5 heteroatoms. The molecule has 0 atom stereocenters. The van der Waals surface area contributed by atoms with Gasteiger partial charge >= 0.3 is 0 Å². The number of aromatic hydroxyl groups is 1. The van der Waals surface area contributed by atoms with E-state index in [0.717, 1.165) is 42.9 Å². The van der Waals surface area contributed by atoms with Crippen LogP contribution in [0.4, 0.5) is 0 Å². The lowest BCUT2D eigenvalue weighted by molar-refractivity contribution is 0.423. The summed E-state index contributed by atoms with van der Waals surface area (Å²) in [6, 6.07) is 15.5. The maximum Gasteiger partial charge on any atom is 0.257 e. The number of nitrogens with one attached hydrogen (secondary N) is 1. The van der Waals surface area contributed by atoms with Crippen molar-refractivity contribution in [3.8, 4) is 17.2 Å². The average Bonchev–Trinajstić information content (AvgIpc) is 3.08. The van der Waals surface area contributed by atoms with Crippen LogP contribution in [0.2, 0.25) is 0 Å². The molecule has 124 valence electrons. The van der Waals surface area contributed by atoms with E-state index >= 15 is 0 Å². The van der Waals surface area contributed by atoms with Crippen LogP contribution >= 0.6 is 0 Å². The van der Waals surface area contributed by atoms with Crippen molar-refractivity contribution in [2.75, 3.05) is 6.54 Å². The van der Waals surface area contributed by atoms with Gasteiger partial charge < -0.3 is 14.9 Å². The first kappa shape index (κ1) is 16.2. The summed E-state index contributed by atoms with van der Waals surface area (Å²) in [7, 11) is 0. The van der Waals surface area contributed by atoms with Gasteiger partial charge in [0.25, 0.3) is 5.89 Å². The molecule has 0 unspecified atom stereocenters. The van der Waals surface area contributed by atoms with Gasteiger partial charge in [-0.2, -0.15) is 4.98 Å². The van der Waals surface area contributed by atoms with Crippen LogP contribution in [-0.4, -0.2) is 21.8 Å². The van der Waals surface area contributed by atoms with Gasteiger partial charge in [-0.15, -0.1) is 0 Å². The molecular weight excluding hydrogens is 302 g/mol. The third-order valence-electron chi connectivity index (χ3n) is 3.82. The molecule has 3 rings (SSSR count). The highest BCUT2D eigenvalue weighted by molar-refractivity contribution is 5.53. The molecule has 0 aliphatic heterocycles. The molecule has 0 fully saturated rings. The van der Waals surface area contributed by atoms with Crippen LogP contribution in [0.25, 0.3) is 11.5 Å². The summed E-state index contributed by atoms with van der Waals surface area (Å²) < 4.78 is 5.24. The van der Waals surface area contributed by atoms with Crippen molar-refractivity contribution in [2.45, 2.75) is 26.3 Å². The van der Waals surface area contributed by atoms with E-state index in [1.165, 1.54) is 5.56 Å². The van der Waals surface area contributed by atoms with Crippen LogP contribution < -0.4 is 5.32 Å². The molecule has 0 saturated heterocycles. The molecule has 0 bridgehead atoms. The number of hydrogen-bond acceptors (Lipinski definition) is 5. The number of hydrogen-bond donors (Lipinski definition) is 2.